The number of nitrogens with zero attached hydrogens (tertiary/aromatic N) is 4. The molecule has 190 valence electrons. The molecule has 4 rings (SSSR count). The average molecular weight is 539 g/mol. The second-order valence-electron chi connectivity index (χ2n) is 8.13. The smallest absolute Gasteiger partial charge is 0.311 e. The van der Waals surface area contributed by atoms with Crippen molar-refractivity contribution in [2.45, 2.75) is 26.2 Å². The van der Waals surface area contributed by atoms with Crippen molar-refractivity contribution in [1.29, 1.82) is 0 Å². The Morgan fingerprint density at radius 1 is 1.14 bits per heavy atom. The lowest BCUT2D eigenvalue weighted by Gasteiger charge is -2.11. The molecule has 1 heterocycles. The van der Waals surface area contributed by atoms with Crippen molar-refractivity contribution in [2.24, 2.45) is 0 Å². The predicted molar refractivity (Wildman–Crippen MR) is 146 cm³/mol. The fourth-order valence-corrected chi connectivity index (χ4v) is 4.04. The maximum absolute atomic E-state index is 12.6. The first-order chi connectivity index (χ1) is 17.8. The molecule has 0 aliphatic rings. The molecule has 0 unspecified atom stereocenters. The van der Waals surface area contributed by atoms with Gasteiger partial charge in [-0.25, -0.2) is 0 Å². The van der Waals surface area contributed by atoms with E-state index in [1.807, 2.05) is 12.1 Å². The molecule has 10 nitrogen and oxygen atoms in total. The number of hydrogen-bond acceptors (Lipinski definition) is 7. The van der Waals surface area contributed by atoms with Gasteiger partial charge in [-0.05, 0) is 67.0 Å². The van der Waals surface area contributed by atoms with Gasteiger partial charge in [-0.2, -0.15) is 4.80 Å². The lowest BCUT2D eigenvalue weighted by molar-refractivity contribution is -0.385. The minimum absolute atomic E-state index is 0.0419. The van der Waals surface area contributed by atoms with Gasteiger partial charge >= 0.3 is 5.69 Å². The van der Waals surface area contributed by atoms with Crippen LogP contribution in [0.2, 0.25) is 5.02 Å². The van der Waals surface area contributed by atoms with E-state index in [2.05, 4.69) is 39.9 Å². The molecule has 0 atom stereocenters. The fraction of sp³-hybridized carbons (Fsp3) is 0.200. The summed E-state index contributed by atoms with van der Waals surface area (Å²) in [6.07, 6.45) is 3.31. The highest BCUT2D eigenvalue weighted by Crippen LogP contribution is 2.28. The van der Waals surface area contributed by atoms with Gasteiger partial charge in [0.15, 0.2) is 10.9 Å². The quantitative estimate of drug-likeness (QED) is 0.172. The number of aromatic nitrogens is 3. The number of halogens is 1. The maximum atomic E-state index is 12.6. The number of thiocarbonyl (C=S) groups is 1. The van der Waals surface area contributed by atoms with E-state index in [-0.39, 0.29) is 22.1 Å². The summed E-state index contributed by atoms with van der Waals surface area (Å²) in [6, 6.07) is 15.3. The predicted octanol–water partition coefficient (Wildman–Crippen LogP) is 5.46. The lowest BCUT2D eigenvalue weighted by Crippen LogP contribution is -2.34. The fourth-order valence-electron chi connectivity index (χ4n) is 3.63. The summed E-state index contributed by atoms with van der Waals surface area (Å²) in [5.74, 6) is -0.586. The highest BCUT2D eigenvalue weighted by atomic mass is 35.5. The van der Waals surface area contributed by atoms with Crippen LogP contribution >= 0.6 is 23.8 Å². The number of hydrogen-bond donors (Lipinski definition) is 2. The molecule has 4 aromatic rings. The zero-order chi connectivity index (χ0) is 26.5. The van der Waals surface area contributed by atoms with Crippen molar-refractivity contribution >= 4 is 57.2 Å². The monoisotopic (exact) mass is 538 g/mol. The first-order valence-electron chi connectivity index (χ1n) is 11.4. The molecule has 0 spiro atoms. The van der Waals surface area contributed by atoms with Gasteiger partial charge in [0.25, 0.3) is 5.91 Å². The Morgan fingerprint density at radius 2 is 1.84 bits per heavy atom. The summed E-state index contributed by atoms with van der Waals surface area (Å²) in [4.78, 5) is 24.7. The Labute approximate surface area is 222 Å². The van der Waals surface area contributed by atoms with Crippen molar-refractivity contribution in [1.82, 2.24) is 20.3 Å². The Morgan fingerprint density at radius 3 is 2.49 bits per heavy atom. The number of unbranched alkanes of at least 4 members (excludes halogenated alkanes) is 1. The van der Waals surface area contributed by atoms with Crippen LogP contribution in [0.15, 0.2) is 54.6 Å². The van der Waals surface area contributed by atoms with Crippen LogP contribution in [0.3, 0.4) is 0 Å². The number of methoxy groups -OCH3 is 1. The van der Waals surface area contributed by atoms with E-state index in [1.54, 1.807) is 12.1 Å². The van der Waals surface area contributed by atoms with Gasteiger partial charge in [-0.3, -0.25) is 20.2 Å². The molecule has 1 aromatic heterocycles. The minimum Gasteiger partial charge on any atom is -0.490 e. The number of aryl methyl sites for hydroxylation is 1. The molecular weight excluding hydrogens is 516 g/mol. The summed E-state index contributed by atoms with van der Waals surface area (Å²) < 4.78 is 4.96. The highest BCUT2D eigenvalue weighted by Gasteiger charge is 2.19. The molecule has 12 heteroatoms. The molecule has 0 bridgehead atoms. The summed E-state index contributed by atoms with van der Waals surface area (Å²) in [5.41, 5.74) is 3.37. The van der Waals surface area contributed by atoms with E-state index in [0.29, 0.717) is 21.7 Å². The van der Waals surface area contributed by atoms with Crippen LogP contribution in [0.5, 0.6) is 5.75 Å². The first kappa shape index (κ1) is 26.0. The van der Waals surface area contributed by atoms with Gasteiger partial charge < -0.3 is 10.1 Å². The van der Waals surface area contributed by atoms with Gasteiger partial charge in [0.2, 0.25) is 0 Å². The Hall–Kier alpha value is -4.09. The van der Waals surface area contributed by atoms with Crippen LogP contribution in [0.25, 0.3) is 16.7 Å². The highest BCUT2D eigenvalue weighted by molar-refractivity contribution is 7.80. The summed E-state index contributed by atoms with van der Waals surface area (Å²) in [6.45, 7) is 2.16. The second kappa shape index (κ2) is 11.3. The Kier molecular flexibility index (Phi) is 7.95. The number of benzene rings is 3. The topological polar surface area (TPSA) is 124 Å². The van der Waals surface area contributed by atoms with Crippen molar-refractivity contribution in [3.63, 3.8) is 0 Å². The number of nitro benzene ring substituents is 1. The van der Waals surface area contributed by atoms with E-state index >= 15 is 0 Å². The SMILES string of the molecule is CCCCc1ccc(-n2nc3cc(Cl)c(NC(=S)NC(=O)c4ccc(OC)c([N+](=O)[O-])c4)cc3n2)cc1. The Balaban J connectivity index is 1.48. The zero-order valence-electron chi connectivity index (χ0n) is 20.0. The number of rotatable bonds is 8. The average Bonchev–Trinajstić information content (AvgIpc) is 3.30. The first-order valence-corrected chi connectivity index (χ1v) is 12.2. The van der Waals surface area contributed by atoms with E-state index < -0.39 is 10.8 Å². The summed E-state index contributed by atoms with van der Waals surface area (Å²) in [5, 5.41) is 25.9. The summed E-state index contributed by atoms with van der Waals surface area (Å²) in [7, 11) is 1.31. The van der Waals surface area contributed by atoms with Gasteiger partial charge in [0.05, 0.1) is 28.4 Å². The number of ether oxygens (including phenoxy) is 1. The van der Waals surface area contributed by atoms with Crippen LogP contribution in [-0.4, -0.2) is 38.0 Å². The van der Waals surface area contributed by atoms with E-state index in [1.165, 1.54) is 29.6 Å². The number of carbonyl (C=O) groups is 1. The number of anilines is 1. The second-order valence-corrected chi connectivity index (χ2v) is 8.95. The molecule has 0 saturated carbocycles. The van der Waals surface area contributed by atoms with E-state index in [9.17, 15) is 14.9 Å². The minimum atomic E-state index is -0.631. The number of carbonyl (C=O) groups excluding carboxylic acids is 1. The van der Waals surface area contributed by atoms with Crippen LogP contribution < -0.4 is 15.4 Å². The molecule has 0 saturated heterocycles. The number of nitrogens with one attached hydrogen (secondary N) is 2. The molecule has 0 aliphatic heterocycles. The standard InChI is InChI=1S/C25H23ClN6O4S/c1-3-4-5-15-6-9-17(10-7-15)31-29-20-13-18(26)19(14-21(20)30-31)27-25(37)28-24(33)16-8-11-23(36-2)22(12-16)32(34)35/h6-14H,3-5H2,1-2H3,(H2,27,28,33,37). The molecular formula is C25H23ClN6O4S. The van der Waals surface area contributed by atoms with Crippen molar-refractivity contribution < 1.29 is 14.5 Å². The third-order valence-corrected chi connectivity index (χ3v) is 6.09. The van der Waals surface area contributed by atoms with Gasteiger partial charge in [-0.15, -0.1) is 10.2 Å². The largest absolute Gasteiger partial charge is 0.490 e. The molecule has 0 aliphatic carbocycles. The number of amides is 1. The molecule has 0 radical (unpaired) electrons. The zero-order valence-corrected chi connectivity index (χ0v) is 21.6. The third-order valence-electron chi connectivity index (χ3n) is 5.57. The van der Waals surface area contributed by atoms with E-state index in [4.69, 9.17) is 28.6 Å². The molecule has 1 amide bonds. The van der Waals surface area contributed by atoms with E-state index in [0.717, 1.165) is 31.0 Å². The van der Waals surface area contributed by atoms with Gasteiger partial charge in [-0.1, -0.05) is 37.1 Å². The molecule has 37 heavy (non-hydrogen) atoms. The third kappa shape index (κ3) is 6.01. The number of fused-ring (bicyclic) bond motifs is 1. The van der Waals surface area contributed by atoms with Gasteiger partial charge in [0.1, 0.15) is 11.0 Å². The van der Waals surface area contributed by atoms with Crippen LogP contribution in [0.4, 0.5) is 11.4 Å². The Bertz CT molecular complexity index is 1490. The van der Waals surface area contributed by atoms with Crippen LogP contribution in [0.1, 0.15) is 35.7 Å². The van der Waals surface area contributed by atoms with Crippen molar-refractivity contribution in [3.8, 4) is 11.4 Å². The van der Waals surface area contributed by atoms with Crippen LogP contribution in [-0.2, 0) is 6.42 Å². The van der Waals surface area contributed by atoms with Crippen LogP contribution in [0, 0.1) is 10.1 Å². The molecule has 3 aromatic carbocycles. The van der Waals surface area contributed by atoms with Crippen molar-refractivity contribution in [3.05, 3.63) is 80.9 Å². The van der Waals surface area contributed by atoms with Gasteiger partial charge in [0, 0.05) is 11.6 Å². The summed E-state index contributed by atoms with van der Waals surface area (Å²) >= 11 is 11.7. The lowest BCUT2D eigenvalue weighted by atomic mass is 10.1. The number of nitro groups is 1. The van der Waals surface area contributed by atoms with Crippen molar-refractivity contribution in [2.75, 3.05) is 12.4 Å². The maximum Gasteiger partial charge on any atom is 0.311 e. The molecule has 2 N–H and O–H groups in total. The normalized spacial score (nSPS) is 10.8. The molecule has 0 fully saturated rings.